The van der Waals surface area contributed by atoms with Gasteiger partial charge in [0.15, 0.2) is 0 Å². The van der Waals surface area contributed by atoms with Crippen LogP contribution in [0.15, 0.2) is 53.7 Å². The van der Waals surface area contributed by atoms with Gasteiger partial charge in [0.1, 0.15) is 5.82 Å². The van der Waals surface area contributed by atoms with Gasteiger partial charge >= 0.3 is 0 Å². The van der Waals surface area contributed by atoms with Crippen molar-refractivity contribution in [2.75, 3.05) is 19.6 Å². The molecule has 0 unspecified atom stereocenters. The topological polar surface area (TPSA) is 66.1 Å². The average molecular weight is 387 g/mol. The number of piperidine rings is 1. The molecule has 27 heavy (non-hydrogen) atoms. The summed E-state index contributed by atoms with van der Waals surface area (Å²) < 4.78 is 38.8. The lowest BCUT2D eigenvalue weighted by Crippen LogP contribution is -2.40. The van der Waals surface area contributed by atoms with Crippen LogP contribution >= 0.6 is 0 Å². The summed E-state index contributed by atoms with van der Waals surface area (Å²) in [5.74, 6) is -0.227. The van der Waals surface area contributed by atoms with Crippen molar-refractivity contribution in [3.8, 4) is 0 Å². The highest BCUT2D eigenvalue weighted by Crippen LogP contribution is 2.25. The van der Waals surface area contributed by atoms with Crippen molar-refractivity contribution in [2.24, 2.45) is 0 Å². The van der Waals surface area contributed by atoms with Crippen molar-refractivity contribution in [3.05, 3.63) is 59.9 Å². The fourth-order valence-corrected chi connectivity index (χ4v) is 5.23. The molecule has 0 spiro atoms. The minimum absolute atomic E-state index is 0.0773. The van der Waals surface area contributed by atoms with Crippen LogP contribution in [0.25, 0.3) is 11.0 Å². The predicted octanol–water partition coefficient (Wildman–Crippen LogP) is 3.18. The number of benzene rings is 2. The Kier molecular flexibility index (Phi) is 4.97. The summed E-state index contributed by atoms with van der Waals surface area (Å²) >= 11 is 0. The number of hydrogen-bond acceptors (Lipinski definition) is 4. The van der Waals surface area contributed by atoms with Crippen LogP contribution in [0.5, 0.6) is 0 Å². The van der Waals surface area contributed by atoms with Crippen molar-refractivity contribution in [1.82, 2.24) is 14.9 Å². The number of aromatic amines is 1. The number of imidazole rings is 1. The smallest absolute Gasteiger partial charge is 0.226 e. The maximum Gasteiger partial charge on any atom is 0.226 e. The van der Waals surface area contributed by atoms with E-state index in [2.05, 4.69) is 14.9 Å². The van der Waals surface area contributed by atoms with Crippen molar-refractivity contribution < 1.29 is 12.8 Å². The fraction of sp³-hybridized carbons (Fsp3) is 0.350. The van der Waals surface area contributed by atoms with Crippen LogP contribution < -0.4 is 0 Å². The van der Waals surface area contributed by atoms with E-state index in [0.29, 0.717) is 18.4 Å². The van der Waals surface area contributed by atoms with Crippen molar-refractivity contribution in [2.45, 2.75) is 29.7 Å². The molecule has 1 saturated heterocycles. The molecule has 0 atom stereocenters. The Balaban J connectivity index is 1.37. The first kappa shape index (κ1) is 18.1. The summed E-state index contributed by atoms with van der Waals surface area (Å²) in [6.45, 7) is 2.33. The Bertz CT molecular complexity index is 990. The van der Waals surface area contributed by atoms with E-state index in [1.54, 1.807) is 12.1 Å². The Morgan fingerprint density at radius 1 is 1.07 bits per heavy atom. The van der Waals surface area contributed by atoms with Gasteiger partial charge in [0.2, 0.25) is 15.0 Å². The Morgan fingerprint density at radius 3 is 2.48 bits per heavy atom. The quantitative estimate of drug-likeness (QED) is 0.730. The number of H-pyrrole nitrogens is 1. The molecule has 1 aliphatic rings. The third kappa shape index (κ3) is 3.89. The lowest BCUT2D eigenvalue weighted by atomic mass is 10.1. The third-order valence-corrected chi connectivity index (χ3v) is 7.32. The van der Waals surface area contributed by atoms with Gasteiger partial charge in [-0.3, -0.25) is 0 Å². The zero-order chi connectivity index (χ0) is 18.9. The van der Waals surface area contributed by atoms with E-state index in [9.17, 15) is 12.8 Å². The highest BCUT2D eigenvalue weighted by atomic mass is 32.2. The zero-order valence-corrected chi connectivity index (χ0v) is 15.8. The number of sulfone groups is 1. The van der Waals surface area contributed by atoms with Gasteiger partial charge in [0, 0.05) is 6.54 Å². The fourth-order valence-electron chi connectivity index (χ4n) is 3.60. The molecule has 142 valence electrons. The number of nitrogens with one attached hydrogen (secondary N) is 1. The summed E-state index contributed by atoms with van der Waals surface area (Å²) in [6, 6.07) is 13.9. The second-order valence-electron chi connectivity index (χ2n) is 7.02. The molecular formula is C20H22FN3O2S. The number of nitrogens with zero attached hydrogens (tertiary/aromatic N) is 2. The number of rotatable bonds is 5. The first-order valence-corrected chi connectivity index (χ1v) is 10.7. The second-order valence-corrected chi connectivity index (χ2v) is 9.16. The molecule has 0 saturated carbocycles. The van der Waals surface area contributed by atoms with Crippen LogP contribution in [-0.2, 0) is 16.3 Å². The molecule has 0 aliphatic carbocycles. The molecule has 7 heteroatoms. The van der Waals surface area contributed by atoms with Gasteiger partial charge in [0.25, 0.3) is 0 Å². The number of fused-ring (bicyclic) bond motifs is 1. The second kappa shape index (κ2) is 7.40. The largest absolute Gasteiger partial charge is 0.329 e. The monoisotopic (exact) mass is 387 g/mol. The molecule has 2 aromatic carbocycles. The summed E-state index contributed by atoms with van der Waals surface area (Å²) in [7, 11) is -3.45. The van der Waals surface area contributed by atoms with Crippen LogP contribution in [0.1, 0.15) is 18.4 Å². The number of likely N-dealkylation sites (tertiary alicyclic amines) is 1. The molecule has 1 fully saturated rings. The van der Waals surface area contributed by atoms with E-state index in [1.807, 2.05) is 24.3 Å². The van der Waals surface area contributed by atoms with Gasteiger partial charge in [0.05, 0.1) is 16.3 Å². The Labute approximate surface area is 158 Å². The van der Waals surface area contributed by atoms with E-state index in [0.717, 1.165) is 37.1 Å². The molecule has 1 aromatic heterocycles. The van der Waals surface area contributed by atoms with Crippen LogP contribution in [0, 0.1) is 5.82 Å². The molecule has 0 amide bonds. The first-order valence-electron chi connectivity index (χ1n) is 9.18. The molecular weight excluding hydrogens is 365 g/mol. The van der Waals surface area contributed by atoms with E-state index in [1.165, 1.54) is 12.1 Å². The average Bonchev–Trinajstić information content (AvgIpc) is 3.13. The van der Waals surface area contributed by atoms with Gasteiger partial charge in [-0.05, 0) is 62.2 Å². The normalized spacial score (nSPS) is 16.8. The van der Waals surface area contributed by atoms with E-state index >= 15 is 0 Å². The molecule has 1 N–H and O–H groups in total. The molecule has 4 rings (SSSR count). The Hall–Kier alpha value is -2.25. The first-order chi connectivity index (χ1) is 13.0. The van der Waals surface area contributed by atoms with Crippen molar-refractivity contribution in [3.63, 3.8) is 0 Å². The SMILES string of the molecule is O=S(=O)(c1nc2ccccc2[nH]1)C1CCN(CCc2ccc(F)cc2)CC1. The number of hydrogen-bond donors (Lipinski definition) is 1. The van der Waals surface area contributed by atoms with E-state index in [4.69, 9.17) is 0 Å². The molecule has 0 bridgehead atoms. The standard InChI is InChI=1S/C20H22FN3O2S/c21-16-7-5-15(6-8-16)9-12-24-13-10-17(11-14-24)27(25,26)20-22-18-3-1-2-4-19(18)23-20/h1-8,17H,9-14H2,(H,22,23). The third-order valence-electron chi connectivity index (χ3n) is 5.24. The number of halogens is 1. The minimum atomic E-state index is -3.45. The summed E-state index contributed by atoms with van der Waals surface area (Å²) in [5.41, 5.74) is 2.51. The van der Waals surface area contributed by atoms with E-state index in [-0.39, 0.29) is 11.0 Å². The van der Waals surface area contributed by atoms with Gasteiger partial charge in [-0.15, -0.1) is 0 Å². The van der Waals surface area contributed by atoms with Crippen molar-refractivity contribution in [1.29, 1.82) is 0 Å². The van der Waals surface area contributed by atoms with Crippen LogP contribution in [-0.4, -0.2) is 48.2 Å². The molecule has 2 heterocycles. The van der Waals surface area contributed by atoms with Crippen molar-refractivity contribution >= 4 is 20.9 Å². The van der Waals surface area contributed by atoms with Gasteiger partial charge in [-0.2, -0.15) is 0 Å². The predicted molar refractivity (Wildman–Crippen MR) is 103 cm³/mol. The summed E-state index contributed by atoms with van der Waals surface area (Å²) in [6.07, 6.45) is 2.03. The molecule has 5 nitrogen and oxygen atoms in total. The van der Waals surface area contributed by atoms with Gasteiger partial charge < -0.3 is 9.88 Å². The highest BCUT2D eigenvalue weighted by Gasteiger charge is 2.33. The van der Waals surface area contributed by atoms with Crippen LogP contribution in [0.2, 0.25) is 0 Å². The number of para-hydroxylation sites is 2. The highest BCUT2D eigenvalue weighted by molar-refractivity contribution is 7.91. The maximum atomic E-state index is 13.0. The zero-order valence-electron chi connectivity index (χ0n) is 14.9. The maximum absolute atomic E-state index is 13.0. The molecule has 3 aromatic rings. The molecule has 1 aliphatic heterocycles. The lowest BCUT2D eigenvalue weighted by molar-refractivity contribution is 0.232. The molecule has 0 radical (unpaired) electrons. The van der Waals surface area contributed by atoms with Gasteiger partial charge in [-0.25, -0.2) is 17.8 Å². The Morgan fingerprint density at radius 2 is 1.78 bits per heavy atom. The minimum Gasteiger partial charge on any atom is -0.329 e. The van der Waals surface area contributed by atoms with Gasteiger partial charge in [-0.1, -0.05) is 24.3 Å². The lowest BCUT2D eigenvalue weighted by Gasteiger charge is -2.31. The van der Waals surface area contributed by atoms with Crippen LogP contribution in [0.3, 0.4) is 0 Å². The summed E-state index contributed by atoms with van der Waals surface area (Å²) in [5, 5.41) is -0.325. The van der Waals surface area contributed by atoms with E-state index < -0.39 is 15.1 Å². The van der Waals surface area contributed by atoms with Crippen LogP contribution in [0.4, 0.5) is 4.39 Å². The summed E-state index contributed by atoms with van der Waals surface area (Å²) in [4.78, 5) is 9.50. The number of aromatic nitrogens is 2.